The van der Waals surface area contributed by atoms with Crippen LogP contribution in [-0.4, -0.2) is 57.0 Å². The van der Waals surface area contributed by atoms with Gasteiger partial charge in [-0.15, -0.1) is 0 Å². The van der Waals surface area contributed by atoms with Crippen LogP contribution >= 0.6 is 0 Å². The zero-order chi connectivity index (χ0) is 23.6. The first-order valence-electron chi connectivity index (χ1n) is 11.1. The van der Waals surface area contributed by atoms with Crippen molar-refractivity contribution in [3.63, 3.8) is 0 Å². The van der Waals surface area contributed by atoms with E-state index in [1.54, 1.807) is 24.3 Å². The van der Waals surface area contributed by atoms with Gasteiger partial charge in [0.15, 0.2) is 0 Å². The Morgan fingerprint density at radius 3 is 2.21 bits per heavy atom. The maximum atomic E-state index is 13.3. The number of amides is 1. The second kappa shape index (κ2) is 9.54. The summed E-state index contributed by atoms with van der Waals surface area (Å²) in [6, 6.07) is 14.0. The average Bonchev–Trinajstić information content (AvgIpc) is 3.63. The zero-order valence-corrected chi connectivity index (χ0v) is 20.2. The highest BCUT2D eigenvalue weighted by Crippen LogP contribution is 2.32. The van der Waals surface area contributed by atoms with Crippen LogP contribution in [0.15, 0.2) is 64.4 Å². The first-order valence-corrected chi connectivity index (χ1v) is 14.0. The first-order chi connectivity index (χ1) is 15.7. The smallest absolute Gasteiger partial charge is 0.243 e. The quantitative estimate of drug-likeness (QED) is 0.612. The van der Waals surface area contributed by atoms with Crippen molar-refractivity contribution in [3.05, 3.63) is 54.6 Å². The predicted octanol–water partition coefficient (Wildman–Crippen LogP) is 2.90. The maximum absolute atomic E-state index is 13.3. The van der Waals surface area contributed by atoms with Gasteiger partial charge in [0.1, 0.15) is 0 Å². The molecule has 0 spiro atoms. The Kier molecular flexibility index (Phi) is 6.90. The number of sulfonamides is 2. The van der Waals surface area contributed by atoms with Crippen LogP contribution in [0.3, 0.4) is 0 Å². The van der Waals surface area contributed by atoms with Crippen molar-refractivity contribution in [2.24, 2.45) is 5.92 Å². The summed E-state index contributed by atoms with van der Waals surface area (Å²) in [5.74, 6) is -0.127. The van der Waals surface area contributed by atoms with E-state index in [4.69, 9.17) is 0 Å². The highest BCUT2D eigenvalue weighted by molar-refractivity contribution is 7.89. The highest BCUT2D eigenvalue weighted by Gasteiger charge is 2.39. The second-order valence-electron chi connectivity index (χ2n) is 8.78. The summed E-state index contributed by atoms with van der Waals surface area (Å²) in [7, 11) is -7.63. The lowest BCUT2D eigenvalue weighted by Gasteiger charge is -2.30. The van der Waals surface area contributed by atoms with E-state index in [-0.39, 0.29) is 22.4 Å². The zero-order valence-electron chi connectivity index (χ0n) is 18.6. The van der Waals surface area contributed by atoms with Gasteiger partial charge >= 0.3 is 0 Å². The summed E-state index contributed by atoms with van der Waals surface area (Å²) in [5.41, 5.74) is 0.595. The molecule has 1 saturated carbocycles. The molecule has 4 rings (SSSR count). The van der Waals surface area contributed by atoms with Crippen molar-refractivity contribution in [2.45, 2.75) is 48.4 Å². The van der Waals surface area contributed by atoms with Gasteiger partial charge in [-0.25, -0.2) is 16.8 Å². The van der Waals surface area contributed by atoms with Crippen LogP contribution in [0.1, 0.15) is 32.6 Å². The minimum atomic E-state index is -3.96. The highest BCUT2D eigenvalue weighted by atomic mass is 32.2. The Morgan fingerprint density at radius 1 is 0.970 bits per heavy atom. The fraction of sp³-hybridized carbons (Fsp3) is 0.435. The van der Waals surface area contributed by atoms with E-state index in [0.717, 1.165) is 12.8 Å². The van der Waals surface area contributed by atoms with Gasteiger partial charge in [-0.2, -0.15) is 8.61 Å². The number of hydrogen-bond acceptors (Lipinski definition) is 5. The molecule has 1 aliphatic carbocycles. The summed E-state index contributed by atoms with van der Waals surface area (Å²) >= 11 is 0. The SMILES string of the molecule is C[C@H]1CCCN(S(=O)(=O)c2ccc(S(=O)(=O)N(CC(=O)Nc3ccccc3)C3CC3)cc2)C1. The van der Waals surface area contributed by atoms with Crippen molar-refractivity contribution in [3.8, 4) is 0 Å². The van der Waals surface area contributed by atoms with Crippen LogP contribution in [0.25, 0.3) is 0 Å². The lowest BCUT2D eigenvalue weighted by atomic mass is 10.0. The molecule has 1 atom stereocenters. The Hall–Kier alpha value is -2.27. The molecular weight excluding hydrogens is 462 g/mol. The monoisotopic (exact) mass is 491 g/mol. The number of piperidine rings is 1. The molecule has 0 radical (unpaired) electrons. The molecule has 0 bridgehead atoms. The molecule has 178 valence electrons. The van der Waals surface area contributed by atoms with Gasteiger partial charge in [0, 0.05) is 24.8 Å². The topological polar surface area (TPSA) is 104 Å². The molecule has 10 heteroatoms. The molecule has 1 aliphatic heterocycles. The van der Waals surface area contributed by atoms with Gasteiger partial charge in [-0.3, -0.25) is 4.79 Å². The van der Waals surface area contributed by atoms with Crippen molar-refractivity contribution in [1.29, 1.82) is 0 Å². The predicted molar refractivity (Wildman–Crippen MR) is 126 cm³/mol. The second-order valence-corrected chi connectivity index (χ2v) is 12.6. The Bertz CT molecular complexity index is 1190. The number of benzene rings is 2. The Morgan fingerprint density at radius 2 is 1.61 bits per heavy atom. The van der Waals surface area contributed by atoms with Gasteiger partial charge in [-0.05, 0) is 68.0 Å². The number of nitrogens with zero attached hydrogens (tertiary/aromatic N) is 2. The number of rotatable bonds is 8. The standard InChI is InChI=1S/C23H29N3O5S2/c1-18-6-5-15-25(16-18)32(28,29)21-11-13-22(14-12-21)33(30,31)26(20-9-10-20)17-23(27)24-19-7-3-2-4-8-19/h2-4,7-8,11-14,18,20H,5-6,9-10,15-17H2,1H3,(H,24,27)/t18-/m0/s1. The van der Waals surface area contributed by atoms with Gasteiger partial charge < -0.3 is 5.32 Å². The average molecular weight is 492 g/mol. The molecule has 2 aromatic carbocycles. The van der Waals surface area contributed by atoms with E-state index in [1.165, 1.54) is 32.9 Å². The third-order valence-electron chi connectivity index (χ3n) is 6.00. The van der Waals surface area contributed by atoms with Gasteiger partial charge in [0.2, 0.25) is 26.0 Å². The molecular formula is C23H29N3O5S2. The summed E-state index contributed by atoms with van der Waals surface area (Å²) in [6.45, 7) is 2.67. The van der Waals surface area contributed by atoms with Crippen LogP contribution in [0.2, 0.25) is 0 Å². The molecule has 0 aromatic heterocycles. The van der Waals surface area contributed by atoms with E-state index in [2.05, 4.69) is 5.32 Å². The van der Waals surface area contributed by atoms with Crippen LogP contribution in [0.4, 0.5) is 5.69 Å². The fourth-order valence-electron chi connectivity index (χ4n) is 4.07. The molecule has 1 amide bonds. The van der Waals surface area contributed by atoms with E-state index >= 15 is 0 Å². The lowest BCUT2D eigenvalue weighted by molar-refractivity contribution is -0.116. The van der Waals surface area contributed by atoms with Crippen LogP contribution in [0, 0.1) is 5.92 Å². The van der Waals surface area contributed by atoms with Crippen molar-refractivity contribution in [1.82, 2.24) is 8.61 Å². The van der Waals surface area contributed by atoms with Crippen molar-refractivity contribution in [2.75, 3.05) is 25.0 Å². The van der Waals surface area contributed by atoms with Gasteiger partial charge in [0.25, 0.3) is 0 Å². The molecule has 2 aromatic rings. The molecule has 2 fully saturated rings. The number of para-hydroxylation sites is 1. The molecule has 33 heavy (non-hydrogen) atoms. The minimum Gasteiger partial charge on any atom is -0.325 e. The van der Waals surface area contributed by atoms with Gasteiger partial charge in [-0.1, -0.05) is 25.1 Å². The van der Waals surface area contributed by atoms with Crippen molar-refractivity contribution >= 4 is 31.6 Å². The summed E-state index contributed by atoms with van der Waals surface area (Å²) in [6.07, 6.45) is 3.20. The largest absolute Gasteiger partial charge is 0.325 e. The fourth-order valence-corrected chi connectivity index (χ4v) is 7.31. The van der Waals surface area contributed by atoms with E-state index in [9.17, 15) is 21.6 Å². The number of nitrogens with one attached hydrogen (secondary N) is 1. The van der Waals surface area contributed by atoms with E-state index in [0.29, 0.717) is 37.5 Å². The third kappa shape index (κ3) is 5.46. The molecule has 1 saturated heterocycles. The molecule has 1 N–H and O–H groups in total. The Balaban J connectivity index is 1.51. The minimum absolute atomic E-state index is 0.0205. The normalized spacial score (nSPS) is 20.0. The Labute approximate surface area is 195 Å². The molecule has 0 unspecified atom stereocenters. The summed E-state index contributed by atoms with van der Waals surface area (Å²) < 4.78 is 55.2. The number of carbonyl (C=O) groups is 1. The number of carbonyl (C=O) groups excluding carboxylic acids is 1. The number of hydrogen-bond donors (Lipinski definition) is 1. The summed E-state index contributed by atoms with van der Waals surface area (Å²) in [4.78, 5) is 12.6. The van der Waals surface area contributed by atoms with Crippen LogP contribution < -0.4 is 5.32 Å². The summed E-state index contributed by atoms with van der Waals surface area (Å²) in [5, 5.41) is 2.72. The lowest BCUT2D eigenvalue weighted by Crippen LogP contribution is -2.40. The van der Waals surface area contributed by atoms with E-state index in [1.807, 2.05) is 13.0 Å². The molecule has 8 nitrogen and oxygen atoms in total. The third-order valence-corrected chi connectivity index (χ3v) is 9.79. The molecule has 1 heterocycles. The van der Waals surface area contributed by atoms with Crippen LogP contribution in [0.5, 0.6) is 0 Å². The van der Waals surface area contributed by atoms with Gasteiger partial charge in [0.05, 0.1) is 16.3 Å². The molecule has 2 aliphatic rings. The number of anilines is 1. The van der Waals surface area contributed by atoms with Crippen LogP contribution in [-0.2, 0) is 24.8 Å². The van der Waals surface area contributed by atoms with E-state index < -0.39 is 26.0 Å². The van der Waals surface area contributed by atoms with Crippen molar-refractivity contribution < 1.29 is 21.6 Å². The maximum Gasteiger partial charge on any atom is 0.243 e. The first kappa shape index (κ1) is 23.9.